The summed E-state index contributed by atoms with van der Waals surface area (Å²) in [6, 6.07) is 5.73. The Morgan fingerprint density at radius 3 is 2.85 bits per heavy atom. The van der Waals surface area contributed by atoms with Gasteiger partial charge in [0, 0.05) is 23.6 Å². The van der Waals surface area contributed by atoms with Crippen LogP contribution in [0.3, 0.4) is 0 Å². The summed E-state index contributed by atoms with van der Waals surface area (Å²) in [7, 11) is 0. The molecule has 0 atom stereocenters. The van der Waals surface area contributed by atoms with Gasteiger partial charge in [0.2, 0.25) is 0 Å². The van der Waals surface area contributed by atoms with Crippen molar-refractivity contribution in [3.63, 3.8) is 0 Å². The van der Waals surface area contributed by atoms with Gasteiger partial charge in [-0.1, -0.05) is 30.1 Å². The number of nitrogens with one attached hydrogen (secondary N) is 1. The number of halogens is 2. The second-order valence-electron chi connectivity index (χ2n) is 4.39. The molecule has 0 fully saturated rings. The minimum Gasteiger partial charge on any atom is -0.491 e. The largest absolute Gasteiger partial charge is 0.491 e. The first kappa shape index (κ1) is 15.6. The minimum absolute atomic E-state index is 0.565. The zero-order valence-electron chi connectivity index (χ0n) is 11.3. The number of hydrogen-bond acceptors (Lipinski definition) is 3. The summed E-state index contributed by atoms with van der Waals surface area (Å²) in [5.41, 5.74) is 2.28. The lowest BCUT2D eigenvalue weighted by atomic mass is 10.2. The molecule has 1 aromatic heterocycles. The number of thiophene rings is 1. The first-order valence-corrected chi connectivity index (χ1v) is 8.23. The molecule has 1 N–H and O–H groups in total. The first-order chi connectivity index (χ1) is 9.70. The Morgan fingerprint density at radius 2 is 2.15 bits per heavy atom. The van der Waals surface area contributed by atoms with Gasteiger partial charge in [-0.2, -0.15) is 11.3 Å². The molecule has 20 heavy (non-hydrogen) atoms. The normalized spacial score (nSPS) is 10.8. The Hall–Kier alpha value is -0.740. The van der Waals surface area contributed by atoms with E-state index in [1.807, 2.05) is 6.07 Å². The zero-order valence-corrected chi connectivity index (χ0v) is 13.6. The summed E-state index contributed by atoms with van der Waals surface area (Å²) in [5, 5.41) is 8.67. The predicted octanol–water partition coefficient (Wildman–Crippen LogP) is 4.79. The Bertz CT molecular complexity index is 543. The lowest BCUT2D eigenvalue weighted by molar-refractivity contribution is 0.318. The Kier molecular flexibility index (Phi) is 6.17. The van der Waals surface area contributed by atoms with E-state index in [1.165, 1.54) is 5.56 Å². The monoisotopic (exact) mass is 329 g/mol. The van der Waals surface area contributed by atoms with E-state index in [1.54, 1.807) is 17.4 Å². The topological polar surface area (TPSA) is 21.3 Å². The molecule has 2 nitrogen and oxygen atoms in total. The van der Waals surface area contributed by atoms with E-state index in [0.29, 0.717) is 23.2 Å². The summed E-state index contributed by atoms with van der Waals surface area (Å²) in [6.45, 7) is 4.25. The van der Waals surface area contributed by atoms with Crippen LogP contribution in [0.15, 0.2) is 29.0 Å². The van der Waals surface area contributed by atoms with Crippen LogP contribution < -0.4 is 10.1 Å². The molecule has 2 aromatic rings. The molecule has 0 aliphatic heterocycles. The molecular formula is C15H17Cl2NOS. The Morgan fingerprint density at radius 1 is 1.30 bits per heavy atom. The Labute approximate surface area is 133 Å². The summed E-state index contributed by atoms with van der Waals surface area (Å²) < 4.78 is 5.87. The van der Waals surface area contributed by atoms with Crippen molar-refractivity contribution in [3.8, 4) is 5.75 Å². The second kappa shape index (κ2) is 7.89. The van der Waals surface area contributed by atoms with Gasteiger partial charge in [0.1, 0.15) is 5.75 Å². The van der Waals surface area contributed by atoms with Crippen molar-refractivity contribution in [1.29, 1.82) is 0 Å². The fourth-order valence-electron chi connectivity index (χ4n) is 1.87. The maximum Gasteiger partial charge on any atom is 0.142 e. The molecule has 2 rings (SSSR count). The van der Waals surface area contributed by atoms with Gasteiger partial charge in [-0.15, -0.1) is 0 Å². The van der Waals surface area contributed by atoms with Gasteiger partial charge in [0.25, 0.3) is 0 Å². The van der Waals surface area contributed by atoms with Crippen LogP contribution >= 0.6 is 34.5 Å². The van der Waals surface area contributed by atoms with Crippen LogP contribution in [0.5, 0.6) is 5.75 Å². The van der Waals surface area contributed by atoms with Gasteiger partial charge in [-0.25, -0.2) is 0 Å². The lowest BCUT2D eigenvalue weighted by Gasteiger charge is -2.14. The van der Waals surface area contributed by atoms with Crippen molar-refractivity contribution in [3.05, 3.63) is 50.1 Å². The standard InChI is InChI=1S/C15H17Cl2NOS/c1-2-18-9-12-7-13(16)8-14(17)15(12)19-5-3-11-4-6-20-10-11/h4,6-8,10,18H,2-3,5,9H2,1H3. The highest BCUT2D eigenvalue weighted by atomic mass is 35.5. The first-order valence-electron chi connectivity index (χ1n) is 6.53. The second-order valence-corrected chi connectivity index (χ2v) is 6.01. The van der Waals surface area contributed by atoms with Crippen molar-refractivity contribution in [1.82, 2.24) is 5.32 Å². The number of benzene rings is 1. The van der Waals surface area contributed by atoms with Crippen molar-refractivity contribution in [2.45, 2.75) is 19.9 Å². The average molecular weight is 330 g/mol. The quantitative estimate of drug-likeness (QED) is 0.788. The highest BCUT2D eigenvalue weighted by Crippen LogP contribution is 2.32. The summed E-state index contributed by atoms with van der Waals surface area (Å²) in [4.78, 5) is 0. The molecule has 0 saturated carbocycles. The molecule has 108 valence electrons. The maximum absolute atomic E-state index is 6.24. The van der Waals surface area contributed by atoms with E-state index in [-0.39, 0.29) is 0 Å². The lowest BCUT2D eigenvalue weighted by Crippen LogP contribution is -2.13. The highest BCUT2D eigenvalue weighted by molar-refractivity contribution is 7.07. The van der Waals surface area contributed by atoms with Crippen molar-refractivity contribution in [2.75, 3.05) is 13.2 Å². The third-order valence-corrected chi connectivity index (χ3v) is 4.10. The fourth-order valence-corrected chi connectivity index (χ4v) is 3.17. The van der Waals surface area contributed by atoms with Crippen LogP contribution in [-0.2, 0) is 13.0 Å². The van der Waals surface area contributed by atoms with E-state index in [2.05, 4.69) is 29.1 Å². The molecular weight excluding hydrogens is 313 g/mol. The van der Waals surface area contributed by atoms with Crippen LogP contribution in [0.2, 0.25) is 10.0 Å². The number of rotatable bonds is 7. The summed E-state index contributed by atoms with van der Waals surface area (Å²) in [5.74, 6) is 0.729. The zero-order chi connectivity index (χ0) is 14.4. The fraction of sp³-hybridized carbons (Fsp3) is 0.333. The number of ether oxygens (including phenoxy) is 1. The minimum atomic E-state index is 0.565. The molecule has 0 unspecified atom stereocenters. The molecule has 5 heteroatoms. The van der Waals surface area contributed by atoms with Crippen LogP contribution in [0.4, 0.5) is 0 Å². The smallest absolute Gasteiger partial charge is 0.142 e. The summed E-state index contributed by atoms with van der Waals surface area (Å²) in [6.07, 6.45) is 0.878. The van der Waals surface area contributed by atoms with E-state index < -0.39 is 0 Å². The van der Waals surface area contributed by atoms with Crippen LogP contribution in [0.1, 0.15) is 18.1 Å². The van der Waals surface area contributed by atoms with Gasteiger partial charge < -0.3 is 10.1 Å². The Balaban J connectivity index is 2.04. The average Bonchev–Trinajstić information content (AvgIpc) is 2.92. The van der Waals surface area contributed by atoms with E-state index >= 15 is 0 Å². The number of hydrogen-bond donors (Lipinski definition) is 1. The van der Waals surface area contributed by atoms with Gasteiger partial charge in [0.05, 0.1) is 11.6 Å². The molecule has 0 bridgehead atoms. The van der Waals surface area contributed by atoms with Gasteiger partial charge in [-0.3, -0.25) is 0 Å². The van der Waals surface area contributed by atoms with Crippen LogP contribution in [0.25, 0.3) is 0 Å². The molecule has 0 spiro atoms. The molecule has 0 aliphatic rings. The molecule has 1 heterocycles. The van der Waals surface area contributed by atoms with Crippen molar-refractivity contribution < 1.29 is 4.74 Å². The van der Waals surface area contributed by atoms with Crippen molar-refractivity contribution >= 4 is 34.5 Å². The highest BCUT2D eigenvalue weighted by Gasteiger charge is 2.10. The van der Waals surface area contributed by atoms with Crippen LogP contribution in [-0.4, -0.2) is 13.2 Å². The van der Waals surface area contributed by atoms with Gasteiger partial charge >= 0.3 is 0 Å². The van der Waals surface area contributed by atoms with E-state index in [4.69, 9.17) is 27.9 Å². The van der Waals surface area contributed by atoms with E-state index in [0.717, 1.165) is 24.3 Å². The van der Waals surface area contributed by atoms with Gasteiger partial charge in [-0.05, 0) is 41.1 Å². The maximum atomic E-state index is 6.24. The molecule has 0 aliphatic carbocycles. The molecule has 1 aromatic carbocycles. The third kappa shape index (κ3) is 4.38. The van der Waals surface area contributed by atoms with E-state index in [9.17, 15) is 0 Å². The molecule has 0 amide bonds. The molecule has 0 saturated heterocycles. The van der Waals surface area contributed by atoms with Crippen LogP contribution in [0, 0.1) is 0 Å². The summed E-state index contributed by atoms with van der Waals surface area (Å²) >= 11 is 14.0. The van der Waals surface area contributed by atoms with Gasteiger partial charge in [0.15, 0.2) is 0 Å². The van der Waals surface area contributed by atoms with Crippen molar-refractivity contribution in [2.24, 2.45) is 0 Å². The predicted molar refractivity (Wildman–Crippen MR) is 87.4 cm³/mol. The SMILES string of the molecule is CCNCc1cc(Cl)cc(Cl)c1OCCc1ccsc1. The third-order valence-electron chi connectivity index (χ3n) is 2.87. The molecule has 0 radical (unpaired) electrons.